The smallest absolute Gasteiger partial charge is 0.0528 e. The summed E-state index contributed by atoms with van der Waals surface area (Å²) >= 11 is 6.05. The van der Waals surface area contributed by atoms with Crippen molar-refractivity contribution in [2.24, 2.45) is 0 Å². The highest BCUT2D eigenvalue weighted by molar-refractivity contribution is 6.21. The van der Waals surface area contributed by atoms with Gasteiger partial charge in [-0.15, -0.1) is 11.6 Å². The zero-order valence-electron chi connectivity index (χ0n) is 7.70. The zero-order valence-corrected chi connectivity index (χ0v) is 8.46. The first kappa shape index (κ1) is 8.82. The number of halogens is 1. The fourth-order valence-corrected chi connectivity index (χ4v) is 2.02. The number of nitrogens with zero attached hydrogens (tertiary/aromatic N) is 2. The third-order valence-electron chi connectivity index (χ3n) is 2.46. The van der Waals surface area contributed by atoms with E-state index in [1.165, 1.54) is 11.3 Å². The van der Waals surface area contributed by atoms with Gasteiger partial charge in [-0.1, -0.05) is 0 Å². The maximum Gasteiger partial charge on any atom is 0.0528 e. The van der Waals surface area contributed by atoms with Crippen molar-refractivity contribution >= 4 is 17.3 Å². The van der Waals surface area contributed by atoms with E-state index >= 15 is 0 Å². The van der Waals surface area contributed by atoms with Crippen LogP contribution in [0.5, 0.6) is 0 Å². The first-order chi connectivity index (χ1) is 6.27. The van der Waals surface area contributed by atoms with Crippen molar-refractivity contribution in [3.8, 4) is 0 Å². The molecule has 0 radical (unpaired) electrons. The van der Waals surface area contributed by atoms with E-state index in [9.17, 15) is 0 Å². The third-order valence-corrected chi connectivity index (χ3v) is 2.82. The van der Waals surface area contributed by atoms with Crippen LogP contribution < -0.4 is 4.90 Å². The molecule has 1 aromatic rings. The van der Waals surface area contributed by atoms with Gasteiger partial charge in [0.05, 0.1) is 5.38 Å². The van der Waals surface area contributed by atoms with E-state index in [1.54, 1.807) is 0 Å². The van der Waals surface area contributed by atoms with Crippen LogP contribution in [0.25, 0.3) is 0 Å². The Labute approximate surface area is 83.5 Å². The van der Waals surface area contributed by atoms with Crippen molar-refractivity contribution in [2.75, 3.05) is 18.0 Å². The molecule has 0 aromatic carbocycles. The summed E-state index contributed by atoms with van der Waals surface area (Å²) in [6.45, 7) is 4.12. The van der Waals surface area contributed by atoms with Gasteiger partial charge in [0.15, 0.2) is 0 Å². The van der Waals surface area contributed by atoms with E-state index in [4.69, 9.17) is 11.6 Å². The Morgan fingerprint density at radius 3 is 3.08 bits per heavy atom. The van der Waals surface area contributed by atoms with Gasteiger partial charge in [0.1, 0.15) is 0 Å². The van der Waals surface area contributed by atoms with Crippen LogP contribution >= 0.6 is 11.6 Å². The van der Waals surface area contributed by atoms with Crippen molar-refractivity contribution in [3.05, 3.63) is 24.0 Å². The van der Waals surface area contributed by atoms with Crippen LogP contribution in [0.4, 0.5) is 5.69 Å². The lowest BCUT2D eigenvalue weighted by Crippen LogP contribution is -2.20. The Morgan fingerprint density at radius 2 is 2.46 bits per heavy atom. The second kappa shape index (κ2) is 3.54. The predicted octanol–water partition coefficient (Wildman–Crippen LogP) is 2.21. The molecule has 2 heterocycles. The highest BCUT2D eigenvalue weighted by Crippen LogP contribution is 2.24. The monoisotopic (exact) mass is 196 g/mol. The molecule has 1 aliphatic rings. The number of alkyl halides is 1. The van der Waals surface area contributed by atoms with Crippen LogP contribution in [0.1, 0.15) is 12.0 Å². The summed E-state index contributed by atoms with van der Waals surface area (Å²) in [5, 5.41) is 0.313. The first-order valence-corrected chi connectivity index (χ1v) is 5.00. The number of hydrogen-bond donors (Lipinski definition) is 0. The Bertz CT molecular complexity index is 301. The molecular weight excluding hydrogens is 184 g/mol. The molecule has 0 N–H and O–H groups in total. The molecule has 1 unspecified atom stereocenters. The SMILES string of the molecule is Cc1cnccc1N1CCC(Cl)C1. The van der Waals surface area contributed by atoms with Gasteiger partial charge in [-0.05, 0) is 25.0 Å². The molecule has 1 aromatic heterocycles. The maximum absolute atomic E-state index is 6.05. The highest BCUT2D eigenvalue weighted by atomic mass is 35.5. The number of hydrogen-bond acceptors (Lipinski definition) is 2. The highest BCUT2D eigenvalue weighted by Gasteiger charge is 2.21. The minimum atomic E-state index is 0.313. The van der Waals surface area contributed by atoms with Crippen molar-refractivity contribution in [1.82, 2.24) is 4.98 Å². The summed E-state index contributed by atoms with van der Waals surface area (Å²) in [7, 11) is 0. The van der Waals surface area contributed by atoms with Crippen LogP contribution in [0.3, 0.4) is 0 Å². The standard InChI is InChI=1S/C10H13ClN2/c1-8-6-12-4-2-10(8)13-5-3-9(11)7-13/h2,4,6,9H,3,5,7H2,1H3. The van der Waals surface area contributed by atoms with E-state index in [1.807, 2.05) is 12.4 Å². The Hall–Kier alpha value is -0.760. The molecular formula is C10H13ClN2. The summed E-state index contributed by atoms with van der Waals surface area (Å²) < 4.78 is 0. The van der Waals surface area contributed by atoms with Crippen LogP contribution in [0.15, 0.2) is 18.5 Å². The van der Waals surface area contributed by atoms with Crippen LogP contribution in [0, 0.1) is 6.92 Å². The molecule has 1 atom stereocenters. The number of aromatic nitrogens is 1. The summed E-state index contributed by atoms with van der Waals surface area (Å²) in [5.41, 5.74) is 2.51. The molecule has 3 heteroatoms. The van der Waals surface area contributed by atoms with Crippen molar-refractivity contribution in [3.63, 3.8) is 0 Å². The summed E-state index contributed by atoms with van der Waals surface area (Å²) in [6.07, 6.45) is 4.82. The quantitative estimate of drug-likeness (QED) is 0.641. The van der Waals surface area contributed by atoms with Gasteiger partial charge in [0, 0.05) is 31.2 Å². The lowest BCUT2D eigenvalue weighted by atomic mass is 10.2. The summed E-state index contributed by atoms with van der Waals surface area (Å²) in [4.78, 5) is 6.40. The number of aryl methyl sites for hydroxylation is 1. The van der Waals surface area contributed by atoms with E-state index in [0.29, 0.717) is 5.38 Å². The maximum atomic E-state index is 6.05. The Morgan fingerprint density at radius 1 is 1.62 bits per heavy atom. The minimum absolute atomic E-state index is 0.313. The Balaban J connectivity index is 2.21. The Kier molecular flexibility index (Phi) is 2.40. The number of rotatable bonds is 1. The molecule has 0 bridgehead atoms. The van der Waals surface area contributed by atoms with E-state index < -0.39 is 0 Å². The van der Waals surface area contributed by atoms with Crippen LogP contribution in [-0.4, -0.2) is 23.5 Å². The minimum Gasteiger partial charge on any atom is -0.370 e. The lowest BCUT2D eigenvalue weighted by Gasteiger charge is -2.19. The first-order valence-electron chi connectivity index (χ1n) is 4.57. The van der Waals surface area contributed by atoms with Gasteiger partial charge in [0.25, 0.3) is 0 Å². The largest absolute Gasteiger partial charge is 0.370 e. The van der Waals surface area contributed by atoms with Crippen molar-refractivity contribution in [2.45, 2.75) is 18.7 Å². The fourth-order valence-electron chi connectivity index (χ4n) is 1.76. The number of anilines is 1. The third kappa shape index (κ3) is 1.78. The number of pyridine rings is 1. The topological polar surface area (TPSA) is 16.1 Å². The van der Waals surface area contributed by atoms with Gasteiger partial charge in [-0.2, -0.15) is 0 Å². The molecule has 1 saturated heterocycles. The molecule has 0 saturated carbocycles. The average Bonchev–Trinajstić information content (AvgIpc) is 2.53. The molecule has 70 valence electrons. The molecule has 2 nitrogen and oxygen atoms in total. The predicted molar refractivity (Wildman–Crippen MR) is 55.4 cm³/mol. The van der Waals surface area contributed by atoms with Gasteiger partial charge >= 0.3 is 0 Å². The summed E-state index contributed by atoms with van der Waals surface area (Å²) in [6, 6.07) is 2.06. The lowest BCUT2D eigenvalue weighted by molar-refractivity contribution is 0.956. The molecule has 0 amide bonds. The van der Waals surface area contributed by atoms with Gasteiger partial charge in [-0.3, -0.25) is 4.98 Å². The molecule has 0 aliphatic carbocycles. The zero-order chi connectivity index (χ0) is 9.26. The van der Waals surface area contributed by atoms with Crippen LogP contribution in [0.2, 0.25) is 0 Å². The van der Waals surface area contributed by atoms with Crippen molar-refractivity contribution in [1.29, 1.82) is 0 Å². The van der Waals surface area contributed by atoms with Gasteiger partial charge in [-0.25, -0.2) is 0 Å². The molecule has 1 aliphatic heterocycles. The molecule has 2 rings (SSSR count). The second-order valence-corrected chi connectivity index (χ2v) is 4.11. The molecule has 1 fully saturated rings. The molecule has 13 heavy (non-hydrogen) atoms. The van der Waals surface area contributed by atoms with E-state index in [0.717, 1.165) is 19.5 Å². The summed E-state index contributed by atoms with van der Waals surface area (Å²) in [5.74, 6) is 0. The van der Waals surface area contributed by atoms with E-state index in [-0.39, 0.29) is 0 Å². The fraction of sp³-hybridized carbons (Fsp3) is 0.500. The van der Waals surface area contributed by atoms with Gasteiger partial charge < -0.3 is 4.90 Å². The molecule has 0 spiro atoms. The van der Waals surface area contributed by atoms with Gasteiger partial charge in [0.2, 0.25) is 0 Å². The average molecular weight is 197 g/mol. The van der Waals surface area contributed by atoms with Crippen molar-refractivity contribution < 1.29 is 0 Å². The normalized spacial score (nSPS) is 22.3. The second-order valence-electron chi connectivity index (χ2n) is 3.49. The van der Waals surface area contributed by atoms with Crippen LogP contribution in [-0.2, 0) is 0 Å². The van der Waals surface area contributed by atoms with E-state index in [2.05, 4.69) is 22.9 Å².